The molecule has 44 heavy (non-hydrogen) atoms. The zero-order chi connectivity index (χ0) is 31.8. The highest BCUT2D eigenvalue weighted by Crippen LogP contribution is 2.29. The maximum absolute atomic E-state index is 11.2. The van der Waals surface area contributed by atoms with E-state index in [-0.39, 0.29) is 0 Å². The summed E-state index contributed by atoms with van der Waals surface area (Å²) in [6.07, 6.45) is 46.2. The first-order valence-corrected chi connectivity index (χ1v) is 20.6. The lowest BCUT2D eigenvalue weighted by Crippen LogP contribution is -1.98. The zero-order valence-corrected chi connectivity index (χ0v) is 30.6. The molecule has 1 N–H and O–H groups in total. The molecule has 0 bridgehead atoms. The fourth-order valence-corrected chi connectivity index (χ4v) is 6.96. The van der Waals surface area contributed by atoms with Gasteiger partial charge in [0.1, 0.15) is 5.75 Å². The van der Waals surface area contributed by atoms with Crippen LogP contribution in [0.4, 0.5) is 0 Å². The summed E-state index contributed by atoms with van der Waals surface area (Å²) in [6, 6.07) is 4.73. The Hall–Kier alpha value is -0.980. The van der Waals surface area contributed by atoms with Gasteiger partial charge in [0.05, 0.1) is 0 Å². The van der Waals surface area contributed by atoms with Gasteiger partial charge in [0.25, 0.3) is 0 Å². The summed E-state index contributed by atoms with van der Waals surface area (Å²) in [6.45, 7) is 6.90. The fraction of sp³-hybridized carbons (Fsp3) is 0.860. The van der Waals surface area contributed by atoms with Gasteiger partial charge in [0.2, 0.25) is 0 Å². The number of unbranched alkanes of at least 4 members (excludes halogenated alkanes) is 28. The number of benzene rings is 1. The van der Waals surface area contributed by atoms with E-state index in [1.54, 1.807) is 0 Å². The van der Waals surface area contributed by atoms with Crippen molar-refractivity contribution in [2.24, 2.45) is 0 Å². The minimum atomic E-state index is 0.637. The molecule has 0 saturated heterocycles. The van der Waals surface area contributed by atoms with Gasteiger partial charge >= 0.3 is 0 Å². The number of rotatable bonds is 34. The fourth-order valence-electron chi connectivity index (χ4n) is 6.96. The smallest absolute Gasteiger partial charge is 0.121 e. The summed E-state index contributed by atoms with van der Waals surface area (Å²) >= 11 is 0. The summed E-state index contributed by atoms with van der Waals surface area (Å²) in [4.78, 5) is 0. The number of aryl methyl sites for hydroxylation is 3. The van der Waals surface area contributed by atoms with Crippen molar-refractivity contribution in [3.63, 3.8) is 0 Å². The van der Waals surface area contributed by atoms with Crippen LogP contribution in [0.2, 0.25) is 0 Å². The summed E-state index contributed by atoms with van der Waals surface area (Å²) in [5.41, 5.74) is 3.96. The molecule has 0 heterocycles. The number of phenolic OH excluding ortho intramolecular Hbond substituents is 1. The average molecular weight is 613 g/mol. The lowest BCUT2D eigenvalue weighted by atomic mass is 9.94. The first-order chi connectivity index (χ1) is 21.7. The number of phenols is 1. The molecule has 0 fully saturated rings. The van der Waals surface area contributed by atoms with Crippen LogP contribution >= 0.6 is 0 Å². The average Bonchev–Trinajstić information content (AvgIpc) is 3.03. The Balaban J connectivity index is 2.33. The van der Waals surface area contributed by atoms with E-state index in [4.69, 9.17) is 0 Å². The SMILES string of the molecule is CCCCCCCCCCCCCCCc1cc(CCCCCCC)cc(CCCCCCCCCCCCCCC)c1O. The normalized spacial score (nSPS) is 11.5. The molecule has 1 rings (SSSR count). The maximum Gasteiger partial charge on any atom is 0.121 e. The quantitative estimate of drug-likeness (QED) is 0.0768. The van der Waals surface area contributed by atoms with E-state index in [2.05, 4.69) is 32.9 Å². The van der Waals surface area contributed by atoms with Gasteiger partial charge in [0.15, 0.2) is 0 Å². The second-order valence-electron chi connectivity index (χ2n) is 14.4. The van der Waals surface area contributed by atoms with Crippen LogP contribution in [0.3, 0.4) is 0 Å². The monoisotopic (exact) mass is 613 g/mol. The van der Waals surface area contributed by atoms with Gasteiger partial charge in [-0.3, -0.25) is 0 Å². The van der Waals surface area contributed by atoms with Crippen LogP contribution in [0.25, 0.3) is 0 Å². The molecule has 1 heteroatoms. The Bertz CT molecular complexity index is 671. The third-order valence-electron chi connectivity index (χ3n) is 10.00. The standard InChI is InChI=1S/C43H80O/c1-4-7-10-13-15-17-19-21-23-25-27-30-33-36-41-38-40(35-32-29-12-9-6-3)39-42(43(41)44)37-34-31-28-26-24-22-20-18-16-14-11-8-5-2/h38-39,44H,4-37H2,1-3H3. The van der Waals surface area contributed by atoms with Gasteiger partial charge < -0.3 is 5.11 Å². The first-order valence-electron chi connectivity index (χ1n) is 20.6. The van der Waals surface area contributed by atoms with Crippen molar-refractivity contribution in [2.75, 3.05) is 0 Å². The van der Waals surface area contributed by atoms with Crippen molar-refractivity contribution in [1.29, 1.82) is 0 Å². The van der Waals surface area contributed by atoms with Crippen LogP contribution < -0.4 is 0 Å². The van der Waals surface area contributed by atoms with Crippen molar-refractivity contribution < 1.29 is 5.11 Å². The molecule has 0 unspecified atom stereocenters. The molecule has 0 aromatic heterocycles. The summed E-state index contributed by atoms with van der Waals surface area (Å²) in [5, 5.41) is 11.2. The van der Waals surface area contributed by atoms with E-state index in [0.29, 0.717) is 5.75 Å². The maximum atomic E-state index is 11.2. The highest BCUT2D eigenvalue weighted by Gasteiger charge is 2.11. The predicted octanol–water partition coefficient (Wildman–Crippen LogP) is 15.2. The predicted molar refractivity (Wildman–Crippen MR) is 199 cm³/mol. The summed E-state index contributed by atoms with van der Waals surface area (Å²) in [5.74, 6) is 0.637. The summed E-state index contributed by atoms with van der Waals surface area (Å²) < 4.78 is 0. The molecule has 0 aliphatic carbocycles. The van der Waals surface area contributed by atoms with E-state index in [1.807, 2.05) is 0 Å². The van der Waals surface area contributed by atoms with Crippen LogP contribution in [-0.2, 0) is 19.3 Å². The summed E-state index contributed by atoms with van der Waals surface area (Å²) in [7, 11) is 0. The second kappa shape index (κ2) is 32.0. The van der Waals surface area contributed by atoms with Crippen molar-refractivity contribution in [3.05, 3.63) is 28.8 Å². The van der Waals surface area contributed by atoms with Crippen LogP contribution in [-0.4, -0.2) is 5.11 Å². The van der Waals surface area contributed by atoms with Crippen LogP contribution in [0.5, 0.6) is 5.75 Å². The number of aromatic hydroxyl groups is 1. The van der Waals surface area contributed by atoms with E-state index >= 15 is 0 Å². The molecule has 0 atom stereocenters. The number of hydrogen-bond acceptors (Lipinski definition) is 1. The molecule has 1 aromatic rings. The molecule has 0 radical (unpaired) electrons. The third kappa shape index (κ3) is 24.3. The molecule has 0 aliphatic rings. The molecule has 258 valence electrons. The van der Waals surface area contributed by atoms with Gasteiger partial charge in [-0.25, -0.2) is 0 Å². The van der Waals surface area contributed by atoms with Crippen molar-refractivity contribution >= 4 is 0 Å². The van der Waals surface area contributed by atoms with Gasteiger partial charge in [-0.05, 0) is 55.2 Å². The van der Waals surface area contributed by atoms with Crippen molar-refractivity contribution in [3.8, 4) is 5.75 Å². The van der Waals surface area contributed by atoms with E-state index in [9.17, 15) is 5.11 Å². The Morgan fingerprint density at radius 2 is 0.545 bits per heavy atom. The van der Waals surface area contributed by atoms with E-state index in [0.717, 1.165) is 12.8 Å². The minimum absolute atomic E-state index is 0.637. The molecular weight excluding hydrogens is 532 g/mol. The largest absolute Gasteiger partial charge is 0.507 e. The van der Waals surface area contributed by atoms with Crippen molar-refractivity contribution in [2.45, 2.75) is 239 Å². The highest BCUT2D eigenvalue weighted by molar-refractivity contribution is 5.44. The van der Waals surface area contributed by atoms with E-state index in [1.165, 1.54) is 222 Å². The molecule has 0 saturated carbocycles. The third-order valence-corrected chi connectivity index (χ3v) is 10.00. The van der Waals surface area contributed by atoms with Gasteiger partial charge in [0, 0.05) is 0 Å². The molecule has 0 spiro atoms. The Kier molecular flexibility index (Phi) is 29.8. The van der Waals surface area contributed by atoms with Crippen LogP contribution in [0, 0.1) is 0 Å². The van der Waals surface area contributed by atoms with E-state index < -0.39 is 0 Å². The van der Waals surface area contributed by atoms with Crippen LogP contribution in [0.1, 0.15) is 237 Å². The van der Waals surface area contributed by atoms with Gasteiger partial charge in [-0.2, -0.15) is 0 Å². The van der Waals surface area contributed by atoms with Gasteiger partial charge in [-0.15, -0.1) is 0 Å². The molecule has 1 nitrogen and oxygen atoms in total. The molecule has 0 amide bonds. The second-order valence-corrected chi connectivity index (χ2v) is 14.4. The Morgan fingerprint density at radius 1 is 0.318 bits per heavy atom. The Labute approximate surface area is 278 Å². The Morgan fingerprint density at radius 3 is 0.818 bits per heavy atom. The lowest BCUT2D eigenvalue weighted by Gasteiger charge is -2.14. The number of hydrogen-bond donors (Lipinski definition) is 1. The molecule has 0 aliphatic heterocycles. The lowest BCUT2D eigenvalue weighted by molar-refractivity contribution is 0.456. The van der Waals surface area contributed by atoms with Crippen molar-refractivity contribution in [1.82, 2.24) is 0 Å². The van der Waals surface area contributed by atoms with Crippen LogP contribution in [0.15, 0.2) is 12.1 Å². The first kappa shape index (κ1) is 41.0. The molecular formula is C43H80O. The topological polar surface area (TPSA) is 20.2 Å². The molecule has 1 aromatic carbocycles. The zero-order valence-electron chi connectivity index (χ0n) is 30.6. The highest BCUT2D eigenvalue weighted by atomic mass is 16.3. The van der Waals surface area contributed by atoms with Gasteiger partial charge in [-0.1, -0.05) is 213 Å². The minimum Gasteiger partial charge on any atom is -0.507 e.